The van der Waals surface area contributed by atoms with Gasteiger partial charge >= 0.3 is 0 Å². The number of nitrogens with one attached hydrogen (secondary N) is 2. The minimum absolute atomic E-state index is 0.00540. The first-order chi connectivity index (χ1) is 13.3. The lowest BCUT2D eigenvalue weighted by molar-refractivity contribution is -0.124. The third kappa shape index (κ3) is 6.52. The Balaban J connectivity index is 2.08. The van der Waals surface area contributed by atoms with Gasteiger partial charge in [-0.3, -0.25) is 9.59 Å². The second-order valence-corrected chi connectivity index (χ2v) is 8.02. The minimum Gasteiger partial charge on any atom is -0.353 e. The van der Waals surface area contributed by atoms with Crippen molar-refractivity contribution in [2.45, 2.75) is 53.6 Å². The summed E-state index contributed by atoms with van der Waals surface area (Å²) in [5.41, 5.74) is 4.58. The van der Waals surface area contributed by atoms with E-state index in [1.807, 2.05) is 13.8 Å². The van der Waals surface area contributed by atoms with Gasteiger partial charge in [0.05, 0.1) is 0 Å². The van der Waals surface area contributed by atoms with Crippen molar-refractivity contribution in [2.24, 2.45) is 11.8 Å². The molecule has 4 heteroatoms. The maximum Gasteiger partial charge on any atom is 0.222 e. The Morgan fingerprint density at radius 2 is 1.57 bits per heavy atom. The third-order valence-corrected chi connectivity index (χ3v) is 4.85. The smallest absolute Gasteiger partial charge is 0.222 e. The molecule has 28 heavy (non-hydrogen) atoms. The highest BCUT2D eigenvalue weighted by molar-refractivity contribution is 5.77. The van der Waals surface area contributed by atoms with E-state index >= 15 is 0 Å². The number of carbonyl (C=O) groups excluding carboxylic acids is 2. The van der Waals surface area contributed by atoms with E-state index in [1.54, 1.807) is 6.92 Å². The second-order valence-electron chi connectivity index (χ2n) is 8.02. The van der Waals surface area contributed by atoms with Gasteiger partial charge in [-0.05, 0) is 34.6 Å². The zero-order valence-electron chi connectivity index (χ0n) is 17.6. The van der Waals surface area contributed by atoms with Crippen LogP contribution in [0.4, 0.5) is 0 Å². The van der Waals surface area contributed by atoms with Crippen LogP contribution in [0.1, 0.15) is 45.7 Å². The average Bonchev–Trinajstić information content (AvgIpc) is 2.65. The van der Waals surface area contributed by atoms with Crippen molar-refractivity contribution >= 4 is 11.8 Å². The van der Waals surface area contributed by atoms with Gasteiger partial charge in [-0.15, -0.1) is 0 Å². The second kappa shape index (κ2) is 10.1. The van der Waals surface area contributed by atoms with E-state index in [0.29, 0.717) is 12.5 Å². The van der Waals surface area contributed by atoms with Gasteiger partial charge in [0.1, 0.15) is 0 Å². The van der Waals surface area contributed by atoms with Crippen LogP contribution in [0.15, 0.2) is 48.5 Å². The fourth-order valence-corrected chi connectivity index (χ4v) is 3.05. The predicted octanol–water partition coefficient (Wildman–Crippen LogP) is 4.33. The molecule has 0 aliphatic rings. The first-order valence-electron chi connectivity index (χ1n) is 9.99. The molecule has 0 bridgehead atoms. The summed E-state index contributed by atoms with van der Waals surface area (Å²) >= 11 is 0. The molecular weight excluding hydrogens is 348 g/mol. The van der Waals surface area contributed by atoms with Crippen LogP contribution in [-0.2, 0) is 22.6 Å². The molecule has 0 unspecified atom stereocenters. The Bertz CT molecular complexity index is 795. The standard InChI is InChI=1S/C24H32N2O2/c1-16(2)23(26-18(5)27)14-20-7-6-8-22(13-20)21-11-9-19(10-12-21)15-25-24(28)17(3)4/h6-13,16-17,23H,14-15H2,1-5H3,(H,25,28)(H,26,27)/t23-/m0/s1. The van der Waals surface area contributed by atoms with Crippen LogP contribution < -0.4 is 10.6 Å². The van der Waals surface area contributed by atoms with Crippen molar-refractivity contribution in [3.05, 3.63) is 59.7 Å². The third-order valence-electron chi connectivity index (χ3n) is 4.85. The Kier molecular flexibility index (Phi) is 7.80. The molecule has 1 atom stereocenters. The number of benzene rings is 2. The lowest BCUT2D eigenvalue weighted by Gasteiger charge is -2.22. The molecule has 0 aromatic heterocycles. The molecule has 4 nitrogen and oxygen atoms in total. The van der Waals surface area contributed by atoms with Crippen LogP contribution in [0, 0.1) is 11.8 Å². The van der Waals surface area contributed by atoms with Crippen LogP contribution in [-0.4, -0.2) is 17.9 Å². The summed E-state index contributed by atoms with van der Waals surface area (Å²) < 4.78 is 0. The highest BCUT2D eigenvalue weighted by atomic mass is 16.2. The van der Waals surface area contributed by atoms with Gasteiger partial charge in [0.25, 0.3) is 0 Å². The lowest BCUT2D eigenvalue weighted by Crippen LogP contribution is -2.38. The average molecular weight is 381 g/mol. The van der Waals surface area contributed by atoms with Crippen LogP contribution in [0.25, 0.3) is 11.1 Å². The van der Waals surface area contributed by atoms with Crippen molar-refractivity contribution in [3.8, 4) is 11.1 Å². The van der Waals surface area contributed by atoms with Crippen LogP contribution in [0.3, 0.4) is 0 Å². The van der Waals surface area contributed by atoms with Crippen molar-refractivity contribution in [1.82, 2.24) is 10.6 Å². The Hall–Kier alpha value is -2.62. The van der Waals surface area contributed by atoms with Gasteiger partial charge in [-0.2, -0.15) is 0 Å². The van der Waals surface area contributed by atoms with Gasteiger partial charge in [0.2, 0.25) is 11.8 Å². The molecule has 0 aliphatic carbocycles. The SMILES string of the molecule is CC(=O)N[C@@H](Cc1cccc(-c2ccc(CNC(=O)C(C)C)cc2)c1)C(C)C. The van der Waals surface area contributed by atoms with E-state index in [-0.39, 0.29) is 23.8 Å². The van der Waals surface area contributed by atoms with Gasteiger partial charge in [-0.1, -0.05) is 76.2 Å². The molecule has 2 rings (SSSR count). The Labute approximate surface area is 168 Å². The molecule has 0 spiro atoms. The Morgan fingerprint density at radius 3 is 2.14 bits per heavy atom. The van der Waals surface area contributed by atoms with Crippen molar-refractivity contribution < 1.29 is 9.59 Å². The predicted molar refractivity (Wildman–Crippen MR) is 115 cm³/mol. The summed E-state index contributed by atoms with van der Waals surface area (Å²) in [6.07, 6.45) is 0.810. The highest BCUT2D eigenvalue weighted by Gasteiger charge is 2.15. The summed E-state index contributed by atoms with van der Waals surface area (Å²) in [6, 6.07) is 16.9. The summed E-state index contributed by atoms with van der Waals surface area (Å²) in [6.45, 7) is 10.1. The van der Waals surface area contributed by atoms with Crippen molar-refractivity contribution in [3.63, 3.8) is 0 Å². The monoisotopic (exact) mass is 380 g/mol. The number of rotatable bonds is 8. The summed E-state index contributed by atoms with van der Waals surface area (Å²) in [4.78, 5) is 23.2. The molecule has 0 heterocycles. The van der Waals surface area contributed by atoms with E-state index in [1.165, 1.54) is 5.56 Å². The first kappa shape index (κ1) is 21.7. The van der Waals surface area contributed by atoms with E-state index in [2.05, 4.69) is 73.0 Å². The maximum absolute atomic E-state index is 11.7. The number of hydrogen-bond donors (Lipinski definition) is 2. The van der Waals surface area contributed by atoms with E-state index < -0.39 is 0 Å². The maximum atomic E-state index is 11.7. The van der Waals surface area contributed by atoms with Crippen molar-refractivity contribution in [2.75, 3.05) is 0 Å². The van der Waals surface area contributed by atoms with Crippen LogP contribution >= 0.6 is 0 Å². The Morgan fingerprint density at radius 1 is 0.893 bits per heavy atom. The van der Waals surface area contributed by atoms with Crippen LogP contribution in [0.5, 0.6) is 0 Å². The minimum atomic E-state index is -0.00540. The zero-order chi connectivity index (χ0) is 20.7. The van der Waals surface area contributed by atoms with E-state index in [4.69, 9.17) is 0 Å². The topological polar surface area (TPSA) is 58.2 Å². The summed E-state index contributed by atoms with van der Waals surface area (Å²) in [5, 5.41) is 5.99. The molecule has 2 N–H and O–H groups in total. The molecule has 0 fully saturated rings. The molecule has 0 aliphatic heterocycles. The molecule has 0 radical (unpaired) electrons. The molecule has 0 saturated heterocycles. The number of amides is 2. The number of carbonyl (C=O) groups is 2. The van der Waals surface area contributed by atoms with Crippen LogP contribution in [0.2, 0.25) is 0 Å². The van der Waals surface area contributed by atoms with E-state index in [9.17, 15) is 9.59 Å². The summed E-state index contributed by atoms with van der Waals surface area (Å²) in [7, 11) is 0. The first-order valence-corrected chi connectivity index (χ1v) is 9.99. The van der Waals surface area contributed by atoms with Gasteiger partial charge in [0.15, 0.2) is 0 Å². The molecule has 150 valence electrons. The molecule has 2 amide bonds. The fraction of sp³-hybridized carbons (Fsp3) is 0.417. The molecular formula is C24H32N2O2. The quantitative estimate of drug-likeness (QED) is 0.716. The highest BCUT2D eigenvalue weighted by Crippen LogP contribution is 2.22. The molecule has 2 aromatic carbocycles. The number of hydrogen-bond acceptors (Lipinski definition) is 2. The van der Waals surface area contributed by atoms with Gasteiger partial charge < -0.3 is 10.6 Å². The molecule has 2 aromatic rings. The fourth-order valence-electron chi connectivity index (χ4n) is 3.05. The molecule has 0 saturated carbocycles. The normalized spacial score (nSPS) is 12.1. The largest absolute Gasteiger partial charge is 0.353 e. The van der Waals surface area contributed by atoms with E-state index in [0.717, 1.165) is 23.1 Å². The zero-order valence-corrected chi connectivity index (χ0v) is 17.6. The van der Waals surface area contributed by atoms with Gasteiger partial charge in [0, 0.05) is 25.4 Å². The summed E-state index contributed by atoms with van der Waals surface area (Å²) in [5.74, 6) is 0.438. The van der Waals surface area contributed by atoms with Crippen molar-refractivity contribution in [1.29, 1.82) is 0 Å². The van der Waals surface area contributed by atoms with Gasteiger partial charge in [-0.25, -0.2) is 0 Å². The lowest BCUT2D eigenvalue weighted by atomic mass is 9.94.